The number of hydrogen-bond donors (Lipinski definition) is 1. The van der Waals surface area contributed by atoms with E-state index in [0.29, 0.717) is 12.2 Å². The molecular formula is C18H28O3. The lowest BCUT2D eigenvalue weighted by atomic mass is 10.1. The third kappa shape index (κ3) is 6.19. The SMILES string of the molecule is CCCCCCCCCOc1c(C)cc(C(=O)O)cc1C. The molecule has 0 aliphatic carbocycles. The number of aryl methyl sites for hydroxylation is 2. The summed E-state index contributed by atoms with van der Waals surface area (Å²) in [6.45, 7) is 6.75. The summed E-state index contributed by atoms with van der Waals surface area (Å²) in [5.74, 6) is -0.0502. The van der Waals surface area contributed by atoms with Gasteiger partial charge in [0, 0.05) is 0 Å². The quantitative estimate of drug-likeness (QED) is 0.608. The van der Waals surface area contributed by atoms with Gasteiger partial charge in [0.2, 0.25) is 0 Å². The average molecular weight is 292 g/mol. The van der Waals surface area contributed by atoms with Gasteiger partial charge in [-0.25, -0.2) is 4.79 Å². The number of carboxylic acids is 1. The van der Waals surface area contributed by atoms with E-state index in [4.69, 9.17) is 9.84 Å². The summed E-state index contributed by atoms with van der Waals surface area (Å²) in [5.41, 5.74) is 2.12. The van der Waals surface area contributed by atoms with Gasteiger partial charge in [-0.1, -0.05) is 45.4 Å². The average Bonchev–Trinajstić information content (AvgIpc) is 2.43. The zero-order valence-electron chi connectivity index (χ0n) is 13.6. The molecule has 0 amide bonds. The minimum atomic E-state index is -0.889. The highest BCUT2D eigenvalue weighted by Crippen LogP contribution is 2.25. The highest BCUT2D eigenvalue weighted by atomic mass is 16.5. The molecule has 0 saturated heterocycles. The van der Waals surface area contributed by atoms with Crippen LogP contribution in [0, 0.1) is 13.8 Å². The summed E-state index contributed by atoms with van der Waals surface area (Å²) >= 11 is 0. The molecule has 0 fully saturated rings. The number of unbranched alkanes of at least 4 members (excludes halogenated alkanes) is 6. The first-order valence-corrected chi connectivity index (χ1v) is 8.03. The third-order valence-corrected chi connectivity index (χ3v) is 3.70. The number of ether oxygens (including phenoxy) is 1. The number of aromatic carboxylic acids is 1. The molecule has 3 nitrogen and oxygen atoms in total. The highest BCUT2D eigenvalue weighted by Gasteiger charge is 2.10. The zero-order valence-corrected chi connectivity index (χ0v) is 13.6. The maximum Gasteiger partial charge on any atom is 0.335 e. The molecule has 118 valence electrons. The zero-order chi connectivity index (χ0) is 15.7. The van der Waals surface area contributed by atoms with Crippen molar-refractivity contribution >= 4 is 5.97 Å². The van der Waals surface area contributed by atoms with Crippen LogP contribution in [0.1, 0.15) is 73.4 Å². The Kier molecular flexibility index (Phi) is 7.88. The van der Waals surface area contributed by atoms with Crippen LogP contribution in [-0.2, 0) is 0 Å². The molecule has 0 unspecified atom stereocenters. The lowest BCUT2D eigenvalue weighted by Crippen LogP contribution is -2.04. The number of carbonyl (C=O) groups is 1. The second-order valence-electron chi connectivity index (χ2n) is 5.71. The summed E-state index contributed by atoms with van der Waals surface area (Å²) in [5, 5.41) is 9.02. The summed E-state index contributed by atoms with van der Waals surface area (Å²) in [7, 11) is 0. The van der Waals surface area contributed by atoms with Crippen LogP contribution in [0.4, 0.5) is 0 Å². The second kappa shape index (κ2) is 9.43. The van der Waals surface area contributed by atoms with Crippen molar-refractivity contribution in [3.63, 3.8) is 0 Å². The predicted octanol–water partition coefficient (Wildman–Crippen LogP) is 5.13. The Labute approximate surface area is 128 Å². The molecule has 0 atom stereocenters. The van der Waals surface area contributed by atoms with Crippen LogP contribution in [0.2, 0.25) is 0 Å². The Balaban J connectivity index is 2.34. The molecule has 1 N–H and O–H groups in total. The predicted molar refractivity (Wildman–Crippen MR) is 86.4 cm³/mol. The van der Waals surface area contributed by atoms with E-state index in [1.165, 1.54) is 38.5 Å². The standard InChI is InChI=1S/C18H28O3/c1-4-5-6-7-8-9-10-11-21-17-14(2)12-16(18(19)20)13-15(17)3/h12-13H,4-11H2,1-3H3,(H,19,20). The van der Waals surface area contributed by atoms with Gasteiger partial charge in [0.05, 0.1) is 12.2 Å². The number of hydrogen-bond acceptors (Lipinski definition) is 2. The van der Waals surface area contributed by atoms with Crippen LogP contribution >= 0.6 is 0 Å². The molecule has 1 aromatic rings. The Morgan fingerprint density at radius 3 is 2.05 bits per heavy atom. The van der Waals surface area contributed by atoms with Crippen LogP contribution in [0.15, 0.2) is 12.1 Å². The Morgan fingerprint density at radius 1 is 1.00 bits per heavy atom. The van der Waals surface area contributed by atoms with Gasteiger partial charge >= 0.3 is 5.97 Å². The van der Waals surface area contributed by atoms with Crippen molar-refractivity contribution in [2.75, 3.05) is 6.61 Å². The van der Waals surface area contributed by atoms with E-state index in [-0.39, 0.29) is 0 Å². The van der Waals surface area contributed by atoms with Gasteiger partial charge in [0.15, 0.2) is 0 Å². The molecule has 1 aromatic carbocycles. The maximum absolute atomic E-state index is 11.0. The van der Waals surface area contributed by atoms with Crippen molar-refractivity contribution in [2.45, 2.75) is 65.7 Å². The van der Waals surface area contributed by atoms with Crippen molar-refractivity contribution in [3.8, 4) is 5.75 Å². The van der Waals surface area contributed by atoms with Gasteiger partial charge in [-0.3, -0.25) is 0 Å². The monoisotopic (exact) mass is 292 g/mol. The molecule has 0 aromatic heterocycles. The molecule has 0 aliphatic heterocycles. The Hall–Kier alpha value is -1.51. The molecule has 0 heterocycles. The normalized spacial score (nSPS) is 10.6. The van der Waals surface area contributed by atoms with Gasteiger partial charge in [-0.05, 0) is 43.5 Å². The molecule has 0 radical (unpaired) electrons. The topological polar surface area (TPSA) is 46.5 Å². The highest BCUT2D eigenvalue weighted by molar-refractivity contribution is 5.88. The van der Waals surface area contributed by atoms with Gasteiger partial charge in [0.25, 0.3) is 0 Å². The molecule has 3 heteroatoms. The maximum atomic E-state index is 11.0. The smallest absolute Gasteiger partial charge is 0.335 e. The second-order valence-corrected chi connectivity index (χ2v) is 5.71. The van der Waals surface area contributed by atoms with Crippen molar-refractivity contribution in [3.05, 3.63) is 28.8 Å². The molecule has 21 heavy (non-hydrogen) atoms. The molecule has 0 spiro atoms. The number of carboxylic acid groups (broad SMARTS) is 1. The molecule has 0 aliphatic rings. The summed E-state index contributed by atoms with van der Waals surface area (Å²) in [6.07, 6.45) is 8.82. The largest absolute Gasteiger partial charge is 0.493 e. The van der Waals surface area contributed by atoms with E-state index in [2.05, 4.69) is 6.92 Å². The van der Waals surface area contributed by atoms with Crippen LogP contribution in [0.25, 0.3) is 0 Å². The lowest BCUT2D eigenvalue weighted by Gasteiger charge is -2.13. The van der Waals surface area contributed by atoms with Gasteiger partial charge in [0.1, 0.15) is 5.75 Å². The molecule has 0 bridgehead atoms. The summed E-state index contributed by atoms with van der Waals surface area (Å²) in [6, 6.07) is 3.35. The van der Waals surface area contributed by atoms with Gasteiger partial charge in [-0.2, -0.15) is 0 Å². The van der Waals surface area contributed by atoms with E-state index < -0.39 is 5.97 Å². The van der Waals surface area contributed by atoms with E-state index in [1.807, 2.05) is 13.8 Å². The first-order valence-electron chi connectivity index (χ1n) is 8.03. The first-order chi connectivity index (χ1) is 10.1. The number of benzene rings is 1. The molecular weight excluding hydrogens is 264 g/mol. The fraction of sp³-hybridized carbons (Fsp3) is 0.611. The molecule has 1 rings (SSSR count). The van der Waals surface area contributed by atoms with E-state index in [0.717, 1.165) is 23.3 Å². The minimum Gasteiger partial charge on any atom is -0.493 e. The van der Waals surface area contributed by atoms with Crippen molar-refractivity contribution in [2.24, 2.45) is 0 Å². The van der Waals surface area contributed by atoms with Crippen molar-refractivity contribution in [1.82, 2.24) is 0 Å². The summed E-state index contributed by atoms with van der Waals surface area (Å²) < 4.78 is 5.84. The van der Waals surface area contributed by atoms with Crippen LogP contribution in [-0.4, -0.2) is 17.7 Å². The van der Waals surface area contributed by atoms with Crippen LogP contribution < -0.4 is 4.74 Å². The summed E-state index contributed by atoms with van der Waals surface area (Å²) in [4.78, 5) is 11.0. The van der Waals surface area contributed by atoms with Crippen molar-refractivity contribution < 1.29 is 14.6 Å². The van der Waals surface area contributed by atoms with E-state index in [1.54, 1.807) is 12.1 Å². The van der Waals surface area contributed by atoms with Gasteiger partial charge in [-0.15, -0.1) is 0 Å². The Morgan fingerprint density at radius 2 is 1.52 bits per heavy atom. The lowest BCUT2D eigenvalue weighted by molar-refractivity contribution is 0.0696. The van der Waals surface area contributed by atoms with Crippen LogP contribution in [0.3, 0.4) is 0 Å². The fourth-order valence-electron chi connectivity index (χ4n) is 2.53. The fourth-order valence-corrected chi connectivity index (χ4v) is 2.53. The van der Waals surface area contributed by atoms with E-state index >= 15 is 0 Å². The van der Waals surface area contributed by atoms with E-state index in [9.17, 15) is 4.79 Å². The number of rotatable bonds is 10. The van der Waals surface area contributed by atoms with Crippen LogP contribution in [0.5, 0.6) is 5.75 Å². The molecule has 0 saturated carbocycles. The minimum absolute atomic E-state index is 0.327. The first kappa shape index (κ1) is 17.5. The van der Waals surface area contributed by atoms with Crippen molar-refractivity contribution in [1.29, 1.82) is 0 Å². The van der Waals surface area contributed by atoms with Gasteiger partial charge < -0.3 is 9.84 Å². The third-order valence-electron chi connectivity index (χ3n) is 3.70. The Bertz CT molecular complexity index is 429.